The molecular formula is C15H25N3O2S. The predicted molar refractivity (Wildman–Crippen MR) is 85.6 cm³/mol. The summed E-state index contributed by atoms with van der Waals surface area (Å²) in [7, 11) is -3.09. The van der Waals surface area contributed by atoms with Gasteiger partial charge in [0.15, 0.2) is 0 Å². The molecule has 6 heteroatoms. The van der Waals surface area contributed by atoms with Crippen LogP contribution in [-0.4, -0.2) is 56.1 Å². The molecule has 0 saturated carbocycles. The Kier molecular flexibility index (Phi) is 5.03. The molecule has 1 fully saturated rings. The number of aryl methyl sites for hydroxylation is 1. The van der Waals surface area contributed by atoms with E-state index in [1.165, 1.54) is 21.7 Å². The van der Waals surface area contributed by atoms with Crippen LogP contribution in [0.15, 0.2) is 24.3 Å². The molecule has 1 heterocycles. The van der Waals surface area contributed by atoms with Crippen LogP contribution >= 0.6 is 0 Å². The Balaban J connectivity index is 2.15. The predicted octanol–water partition coefficient (Wildman–Crippen LogP) is 0.961. The zero-order valence-electron chi connectivity index (χ0n) is 13.0. The molecule has 0 bridgehead atoms. The molecule has 1 aromatic carbocycles. The van der Waals surface area contributed by atoms with E-state index < -0.39 is 10.0 Å². The summed E-state index contributed by atoms with van der Waals surface area (Å²) >= 11 is 0. The van der Waals surface area contributed by atoms with Gasteiger partial charge in [-0.15, -0.1) is 0 Å². The highest BCUT2D eigenvalue weighted by molar-refractivity contribution is 7.88. The van der Waals surface area contributed by atoms with E-state index in [0.717, 1.165) is 0 Å². The third kappa shape index (κ3) is 4.03. The van der Waals surface area contributed by atoms with Gasteiger partial charge in [0, 0.05) is 38.3 Å². The standard InChI is InChI=1S/C15H25N3O2S/c1-12-5-4-6-14(11-12)15(13(2)16)17-7-9-18(10-8-17)21(3,19)20/h4-6,11,13,15H,7-10,16H2,1-3H3. The van der Waals surface area contributed by atoms with Crippen molar-refractivity contribution >= 4 is 10.0 Å². The van der Waals surface area contributed by atoms with Crippen molar-refractivity contribution < 1.29 is 8.42 Å². The molecule has 118 valence electrons. The Morgan fingerprint density at radius 2 is 1.81 bits per heavy atom. The first-order valence-corrected chi connectivity index (χ1v) is 9.15. The summed E-state index contributed by atoms with van der Waals surface area (Å²) in [5.41, 5.74) is 8.62. The number of nitrogens with two attached hydrogens (primary N) is 1. The minimum Gasteiger partial charge on any atom is -0.326 e. The molecule has 1 aromatic rings. The third-order valence-electron chi connectivity index (χ3n) is 4.02. The molecule has 5 nitrogen and oxygen atoms in total. The van der Waals surface area contributed by atoms with Crippen molar-refractivity contribution in [3.8, 4) is 0 Å². The summed E-state index contributed by atoms with van der Waals surface area (Å²) in [4.78, 5) is 2.29. The van der Waals surface area contributed by atoms with Gasteiger partial charge < -0.3 is 5.73 Å². The first-order valence-electron chi connectivity index (χ1n) is 7.30. The van der Waals surface area contributed by atoms with E-state index in [9.17, 15) is 8.42 Å². The fourth-order valence-electron chi connectivity index (χ4n) is 3.01. The normalized spacial score (nSPS) is 21.1. The number of hydrogen-bond acceptors (Lipinski definition) is 4. The van der Waals surface area contributed by atoms with E-state index in [4.69, 9.17) is 5.73 Å². The van der Waals surface area contributed by atoms with Crippen LogP contribution in [0.2, 0.25) is 0 Å². The van der Waals surface area contributed by atoms with Gasteiger partial charge in [-0.25, -0.2) is 8.42 Å². The smallest absolute Gasteiger partial charge is 0.211 e. The molecular weight excluding hydrogens is 286 g/mol. The Bertz CT molecular complexity index is 578. The van der Waals surface area contributed by atoms with Crippen LogP contribution in [0.3, 0.4) is 0 Å². The first kappa shape index (κ1) is 16.4. The summed E-state index contributed by atoms with van der Waals surface area (Å²) in [6.07, 6.45) is 1.27. The SMILES string of the molecule is Cc1cccc(C(C(C)N)N2CCN(S(C)(=O)=O)CC2)c1. The first-order chi connectivity index (χ1) is 9.79. The summed E-state index contributed by atoms with van der Waals surface area (Å²) in [6.45, 7) is 6.58. The maximum absolute atomic E-state index is 11.6. The molecule has 21 heavy (non-hydrogen) atoms. The number of rotatable bonds is 4. The van der Waals surface area contributed by atoms with Gasteiger partial charge in [-0.2, -0.15) is 4.31 Å². The average molecular weight is 311 g/mol. The highest BCUT2D eigenvalue weighted by Gasteiger charge is 2.30. The fourth-order valence-corrected chi connectivity index (χ4v) is 3.84. The molecule has 2 N–H and O–H groups in total. The zero-order chi connectivity index (χ0) is 15.6. The van der Waals surface area contributed by atoms with E-state index in [1.807, 2.05) is 13.0 Å². The maximum atomic E-state index is 11.6. The highest BCUT2D eigenvalue weighted by atomic mass is 32.2. The van der Waals surface area contributed by atoms with Crippen LogP contribution in [0.4, 0.5) is 0 Å². The number of benzene rings is 1. The highest BCUT2D eigenvalue weighted by Crippen LogP contribution is 2.25. The van der Waals surface area contributed by atoms with Crippen LogP contribution < -0.4 is 5.73 Å². The lowest BCUT2D eigenvalue weighted by molar-refractivity contribution is 0.124. The van der Waals surface area contributed by atoms with E-state index >= 15 is 0 Å². The van der Waals surface area contributed by atoms with Crippen LogP contribution in [0, 0.1) is 6.92 Å². The molecule has 0 aliphatic carbocycles. The number of hydrogen-bond donors (Lipinski definition) is 1. The van der Waals surface area contributed by atoms with Crippen molar-refractivity contribution in [1.29, 1.82) is 0 Å². The molecule has 2 rings (SSSR count). The Morgan fingerprint density at radius 3 is 2.29 bits per heavy atom. The van der Waals surface area contributed by atoms with Crippen molar-refractivity contribution in [2.75, 3.05) is 32.4 Å². The van der Waals surface area contributed by atoms with Gasteiger partial charge in [0.05, 0.1) is 6.26 Å². The number of nitrogens with zero attached hydrogens (tertiary/aromatic N) is 2. The van der Waals surface area contributed by atoms with Crippen LogP contribution in [0.5, 0.6) is 0 Å². The molecule has 2 atom stereocenters. The van der Waals surface area contributed by atoms with E-state index in [-0.39, 0.29) is 12.1 Å². The third-order valence-corrected chi connectivity index (χ3v) is 5.32. The second-order valence-corrected chi connectivity index (χ2v) is 7.90. The lowest BCUT2D eigenvalue weighted by Crippen LogP contribution is -2.52. The Labute approximate surface area is 127 Å². The van der Waals surface area contributed by atoms with Crippen LogP contribution in [0.1, 0.15) is 24.1 Å². The summed E-state index contributed by atoms with van der Waals surface area (Å²) in [5, 5.41) is 0. The topological polar surface area (TPSA) is 66.6 Å². The largest absolute Gasteiger partial charge is 0.326 e. The van der Waals surface area contributed by atoms with E-state index in [0.29, 0.717) is 26.2 Å². The molecule has 1 aliphatic heterocycles. The second kappa shape index (κ2) is 6.44. The summed E-state index contributed by atoms with van der Waals surface area (Å²) in [5.74, 6) is 0. The Morgan fingerprint density at radius 1 is 1.19 bits per heavy atom. The van der Waals surface area contributed by atoms with Crippen LogP contribution in [0.25, 0.3) is 0 Å². The van der Waals surface area contributed by atoms with Gasteiger partial charge in [0.1, 0.15) is 0 Å². The number of sulfonamides is 1. The monoisotopic (exact) mass is 311 g/mol. The zero-order valence-corrected chi connectivity index (χ0v) is 13.8. The minimum atomic E-state index is -3.09. The van der Waals surface area contributed by atoms with Gasteiger partial charge in [0.25, 0.3) is 0 Å². The lowest BCUT2D eigenvalue weighted by atomic mass is 9.97. The molecule has 1 aliphatic rings. The van der Waals surface area contributed by atoms with Gasteiger partial charge in [-0.05, 0) is 19.4 Å². The summed E-state index contributed by atoms with van der Waals surface area (Å²) < 4.78 is 24.7. The minimum absolute atomic E-state index is 0.00316. The molecule has 0 aromatic heterocycles. The van der Waals surface area contributed by atoms with E-state index in [1.54, 1.807) is 0 Å². The van der Waals surface area contributed by atoms with Crippen molar-refractivity contribution in [3.63, 3.8) is 0 Å². The van der Waals surface area contributed by atoms with Crippen molar-refractivity contribution in [2.24, 2.45) is 5.73 Å². The molecule has 0 amide bonds. The fraction of sp³-hybridized carbons (Fsp3) is 0.600. The van der Waals surface area contributed by atoms with Crippen LogP contribution in [-0.2, 0) is 10.0 Å². The summed E-state index contributed by atoms with van der Waals surface area (Å²) in [6, 6.07) is 8.51. The maximum Gasteiger partial charge on any atom is 0.211 e. The van der Waals surface area contributed by atoms with Crippen molar-refractivity contribution in [1.82, 2.24) is 9.21 Å². The quantitative estimate of drug-likeness (QED) is 0.899. The van der Waals surface area contributed by atoms with E-state index in [2.05, 4.69) is 30.0 Å². The van der Waals surface area contributed by atoms with Gasteiger partial charge in [-0.1, -0.05) is 29.8 Å². The van der Waals surface area contributed by atoms with Crippen molar-refractivity contribution in [3.05, 3.63) is 35.4 Å². The Hall–Kier alpha value is -0.950. The average Bonchev–Trinajstić information content (AvgIpc) is 2.38. The van der Waals surface area contributed by atoms with Gasteiger partial charge in [0.2, 0.25) is 10.0 Å². The van der Waals surface area contributed by atoms with Gasteiger partial charge in [-0.3, -0.25) is 4.90 Å². The molecule has 0 radical (unpaired) electrons. The van der Waals surface area contributed by atoms with Gasteiger partial charge >= 0.3 is 0 Å². The molecule has 1 saturated heterocycles. The molecule has 0 spiro atoms. The number of piperazine rings is 1. The van der Waals surface area contributed by atoms with Crippen molar-refractivity contribution in [2.45, 2.75) is 25.9 Å². The lowest BCUT2D eigenvalue weighted by Gasteiger charge is -2.40. The molecule has 2 unspecified atom stereocenters. The second-order valence-electron chi connectivity index (χ2n) is 5.92.